The summed E-state index contributed by atoms with van der Waals surface area (Å²) in [6.45, 7) is 7.32. The molecule has 0 aromatic carbocycles. The fourth-order valence-corrected chi connectivity index (χ4v) is 2.92. The van der Waals surface area contributed by atoms with Gasteiger partial charge in [-0.2, -0.15) is 0 Å². The van der Waals surface area contributed by atoms with Crippen molar-refractivity contribution in [2.75, 3.05) is 25.0 Å². The van der Waals surface area contributed by atoms with Gasteiger partial charge in [0.25, 0.3) is 0 Å². The van der Waals surface area contributed by atoms with Crippen LogP contribution in [0.1, 0.15) is 56.7 Å². The van der Waals surface area contributed by atoms with Crippen LogP contribution in [0.2, 0.25) is 0 Å². The number of anilines is 1. The third-order valence-corrected chi connectivity index (χ3v) is 4.17. The lowest BCUT2D eigenvalue weighted by Crippen LogP contribution is -2.26. The first-order valence-electron chi connectivity index (χ1n) is 8.18. The normalized spacial score (nSPS) is 16.7. The maximum absolute atomic E-state index is 12.0. The summed E-state index contributed by atoms with van der Waals surface area (Å²) in [7, 11) is 0. The molecule has 0 radical (unpaired) electrons. The minimum Gasteiger partial charge on any atom is -0.338 e. The molecule has 1 aliphatic heterocycles. The van der Waals surface area contributed by atoms with Gasteiger partial charge in [-0.3, -0.25) is 10.1 Å². The molecule has 118 valence electrons. The molecule has 0 spiro atoms. The van der Waals surface area contributed by atoms with E-state index in [9.17, 15) is 4.79 Å². The Morgan fingerprint density at radius 2 is 2.00 bits per heavy atom. The molecule has 21 heavy (non-hydrogen) atoms. The molecule has 5 nitrogen and oxygen atoms in total. The van der Waals surface area contributed by atoms with Crippen LogP contribution in [0.3, 0.4) is 0 Å². The van der Waals surface area contributed by atoms with Crippen LogP contribution in [0.5, 0.6) is 0 Å². The van der Waals surface area contributed by atoms with Gasteiger partial charge in [-0.1, -0.05) is 24.9 Å². The van der Waals surface area contributed by atoms with Gasteiger partial charge in [0.05, 0.1) is 5.69 Å². The highest BCUT2D eigenvalue weighted by atomic mass is 16.5. The standard InChI is InChI=1S/C16H27N3O2/c1-3-14-13(2)18-21-16(14)17-15(20)9-8-12-19-10-6-4-5-7-11-19/h3-12H2,1-2H3,(H,17,20). The summed E-state index contributed by atoms with van der Waals surface area (Å²) >= 11 is 0. The highest BCUT2D eigenvalue weighted by molar-refractivity contribution is 5.90. The Hall–Kier alpha value is -1.36. The van der Waals surface area contributed by atoms with Crippen molar-refractivity contribution < 1.29 is 9.32 Å². The Kier molecular flexibility index (Phi) is 6.23. The average molecular weight is 293 g/mol. The summed E-state index contributed by atoms with van der Waals surface area (Å²) in [5, 5.41) is 6.75. The molecule has 1 amide bonds. The summed E-state index contributed by atoms with van der Waals surface area (Å²) in [6, 6.07) is 0. The molecule has 2 heterocycles. The summed E-state index contributed by atoms with van der Waals surface area (Å²) in [5.74, 6) is 0.547. The Labute approximate surface area is 127 Å². The van der Waals surface area contributed by atoms with E-state index in [-0.39, 0.29) is 5.91 Å². The van der Waals surface area contributed by atoms with Gasteiger partial charge in [0, 0.05) is 12.0 Å². The van der Waals surface area contributed by atoms with E-state index >= 15 is 0 Å². The predicted octanol–water partition coefficient (Wildman–Crippen LogP) is 3.14. The molecule has 1 aromatic heterocycles. The summed E-state index contributed by atoms with van der Waals surface area (Å²) in [6.07, 6.45) is 7.55. The van der Waals surface area contributed by atoms with Crippen molar-refractivity contribution >= 4 is 11.8 Å². The highest BCUT2D eigenvalue weighted by Crippen LogP contribution is 2.20. The minimum atomic E-state index is 0.0238. The molecule has 1 N–H and O–H groups in total. The topological polar surface area (TPSA) is 58.4 Å². The zero-order valence-electron chi connectivity index (χ0n) is 13.3. The lowest BCUT2D eigenvalue weighted by Gasteiger charge is -2.19. The zero-order chi connectivity index (χ0) is 15.1. The van der Waals surface area contributed by atoms with Crippen LogP contribution in [-0.2, 0) is 11.2 Å². The molecule has 0 bridgehead atoms. The molecule has 1 aromatic rings. The van der Waals surface area contributed by atoms with E-state index in [1.807, 2.05) is 13.8 Å². The van der Waals surface area contributed by atoms with E-state index in [0.717, 1.165) is 30.6 Å². The summed E-state index contributed by atoms with van der Waals surface area (Å²) in [5.41, 5.74) is 1.85. The van der Waals surface area contributed by atoms with Crippen molar-refractivity contribution in [3.63, 3.8) is 0 Å². The fraction of sp³-hybridized carbons (Fsp3) is 0.750. The van der Waals surface area contributed by atoms with E-state index in [0.29, 0.717) is 12.3 Å². The van der Waals surface area contributed by atoms with Gasteiger partial charge >= 0.3 is 0 Å². The number of carbonyl (C=O) groups is 1. The second kappa shape index (κ2) is 8.17. The summed E-state index contributed by atoms with van der Waals surface area (Å²) in [4.78, 5) is 14.5. The van der Waals surface area contributed by atoms with Gasteiger partial charge in [-0.25, -0.2) is 0 Å². The van der Waals surface area contributed by atoms with Gasteiger partial charge in [-0.05, 0) is 52.2 Å². The molecule has 0 aliphatic carbocycles. The second-order valence-corrected chi connectivity index (χ2v) is 5.84. The second-order valence-electron chi connectivity index (χ2n) is 5.84. The molecule has 0 unspecified atom stereocenters. The third kappa shape index (κ3) is 4.84. The molecule has 5 heteroatoms. The van der Waals surface area contributed by atoms with Crippen molar-refractivity contribution in [1.29, 1.82) is 0 Å². The first-order valence-corrected chi connectivity index (χ1v) is 8.18. The maximum Gasteiger partial charge on any atom is 0.234 e. The third-order valence-electron chi connectivity index (χ3n) is 4.17. The first kappa shape index (κ1) is 16.0. The molecular weight excluding hydrogens is 266 g/mol. The molecule has 1 fully saturated rings. The van der Waals surface area contributed by atoms with Gasteiger partial charge < -0.3 is 9.42 Å². The van der Waals surface area contributed by atoms with Crippen LogP contribution in [-0.4, -0.2) is 35.6 Å². The van der Waals surface area contributed by atoms with Crippen molar-refractivity contribution in [2.45, 2.75) is 58.8 Å². The minimum absolute atomic E-state index is 0.0238. The number of carbonyl (C=O) groups excluding carboxylic acids is 1. The Balaban J connectivity index is 1.71. The smallest absolute Gasteiger partial charge is 0.234 e. The van der Waals surface area contributed by atoms with Crippen LogP contribution in [0.4, 0.5) is 5.88 Å². The van der Waals surface area contributed by atoms with Crippen LogP contribution in [0, 0.1) is 6.92 Å². The SMILES string of the molecule is CCc1c(C)noc1NC(=O)CCCN1CCCCCC1. The number of nitrogens with zero attached hydrogens (tertiary/aromatic N) is 2. The lowest BCUT2D eigenvalue weighted by atomic mass is 10.2. The number of aryl methyl sites for hydroxylation is 1. The number of aromatic nitrogens is 1. The first-order chi connectivity index (χ1) is 10.2. The molecule has 0 atom stereocenters. The zero-order valence-corrected chi connectivity index (χ0v) is 13.3. The van der Waals surface area contributed by atoms with Crippen molar-refractivity contribution in [2.24, 2.45) is 0 Å². The van der Waals surface area contributed by atoms with E-state index in [1.54, 1.807) is 0 Å². The molecule has 1 aliphatic rings. The van der Waals surface area contributed by atoms with Gasteiger partial charge in [-0.15, -0.1) is 0 Å². The Morgan fingerprint density at radius 3 is 2.67 bits per heavy atom. The number of nitrogens with one attached hydrogen (secondary N) is 1. The van der Waals surface area contributed by atoms with Gasteiger partial charge in [0.1, 0.15) is 0 Å². The lowest BCUT2D eigenvalue weighted by molar-refractivity contribution is -0.116. The highest BCUT2D eigenvalue weighted by Gasteiger charge is 2.14. The van der Waals surface area contributed by atoms with Crippen LogP contribution in [0.15, 0.2) is 4.52 Å². The van der Waals surface area contributed by atoms with Gasteiger partial charge in [0.2, 0.25) is 11.8 Å². The van der Waals surface area contributed by atoms with Gasteiger partial charge in [0.15, 0.2) is 0 Å². The average Bonchev–Trinajstić information content (AvgIpc) is 2.67. The van der Waals surface area contributed by atoms with Crippen molar-refractivity contribution in [1.82, 2.24) is 10.1 Å². The van der Waals surface area contributed by atoms with E-state index in [1.165, 1.54) is 38.8 Å². The molecule has 1 saturated heterocycles. The van der Waals surface area contributed by atoms with Crippen LogP contribution < -0.4 is 5.32 Å². The quantitative estimate of drug-likeness (QED) is 0.875. The monoisotopic (exact) mass is 293 g/mol. The predicted molar refractivity (Wildman–Crippen MR) is 83.4 cm³/mol. The number of hydrogen-bond donors (Lipinski definition) is 1. The largest absolute Gasteiger partial charge is 0.338 e. The van der Waals surface area contributed by atoms with Crippen LogP contribution >= 0.6 is 0 Å². The summed E-state index contributed by atoms with van der Waals surface area (Å²) < 4.78 is 5.18. The van der Waals surface area contributed by atoms with E-state index < -0.39 is 0 Å². The molecule has 2 rings (SSSR count). The molecular formula is C16H27N3O2. The van der Waals surface area contributed by atoms with Crippen LogP contribution in [0.25, 0.3) is 0 Å². The molecule has 0 saturated carbocycles. The number of amides is 1. The van der Waals surface area contributed by atoms with E-state index in [2.05, 4.69) is 15.4 Å². The Bertz CT molecular complexity index is 448. The number of likely N-dealkylation sites (tertiary alicyclic amines) is 1. The van der Waals surface area contributed by atoms with Crippen molar-refractivity contribution in [3.05, 3.63) is 11.3 Å². The number of rotatable bonds is 6. The Morgan fingerprint density at radius 1 is 1.29 bits per heavy atom. The maximum atomic E-state index is 12.0. The number of hydrogen-bond acceptors (Lipinski definition) is 4. The fourth-order valence-electron chi connectivity index (χ4n) is 2.92. The van der Waals surface area contributed by atoms with E-state index in [4.69, 9.17) is 4.52 Å². The van der Waals surface area contributed by atoms with Crippen molar-refractivity contribution in [3.8, 4) is 0 Å².